The highest BCUT2D eigenvalue weighted by Crippen LogP contribution is 2.12. The van der Waals surface area contributed by atoms with Gasteiger partial charge in [0.2, 0.25) is 0 Å². The highest BCUT2D eigenvalue weighted by Gasteiger charge is 2.02. The first kappa shape index (κ1) is 8.55. The quantitative estimate of drug-likeness (QED) is 0.747. The molecule has 14 heavy (non-hydrogen) atoms. The maximum Gasteiger partial charge on any atom is 0.404 e. The van der Waals surface area contributed by atoms with Crippen LogP contribution < -0.4 is 5.73 Å². The van der Waals surface area contributed by atoms with Crippen LogP contribution in [0, 0.1) is 0 Å². The molecule has 0 fully saturated rings. The van der Waals surface area contributed by atoms with Gasteiger partial charge in [0.15, 0.2) is 0 Å². The average molecular weight is 191 g/mol. The van der Waals surface area contributed by atoms with Gasteiger partial charge >= 0.3 is 6.09 Å². The highest BCUT2D eigenvalue weighted by atomic mass is 16.5. The smallest absolute Gasteiger partial charge is 0.404 e. The lowest BCUT2D eigenvalue weighted by atomic mass is 10.4. The van der Waals surface area contributed by atoms with Crippen molar-refractivity contribution in [2.75, 3.05) is 0 Å². The third kappa shape index (κ3) is 1.66. The molecular weight excluding hydrogens is 182 g/mol. The van der Waals surface area contributed by atoms with E-state index in [-0.39, 0.29) is 6.61 Å². The normalized spacial score (nSPS) is 10.3. The molecule has 5 nitrogen and oxygen atoms in total. The van der Waals surface area contributed by atoms with Crippen LogP contribution in [0.1, 0.15) is 5.69 Å². The molecule has 0 unspecified atom stereocenters. The second-order valence-electron chi connectivity index (χ2n) is 2.84. The number of nitrogens with two attached hydrogens (primary N) is 1. The number of H-pyrrole nitrogens is 1. The molecule has 2 aromatic heterocycles. The maximum atomic E-state index is 10.4. The summed E-state index contributed by atoms with van der Waals surface area (Å²) in [6.07, 6.45) is 0.922. The number of fused-ring (bicyclic) bond motifs is 1. The van der Waals surface area contributed by atoms with Crippen molar-refractivity contribution < 1.29 is 9.53 Å². The Morgan fingerprint density at radius 3 is 3.21 bits per heavy atom. The highest BCUT2D eigenvalue weighted by molar-refractivity contribution is 5.75. The zero-order valence-corrected chi connectivity index (χ0v) is 7.36. The van der Waals surface area contributed by atoms with Gasteiger partial charge in [-0.3, -0.25) is 4.98 Å². The summed E-state index contributed by atoms with van der Waals surface area (Å²) in [5.74, 6) is 0. The number of nitrogens with one attached hydrogen (secondary N) is 1. The molecule has 0 bridgehead atoms. The largest absolute Gasteiger partial charge is 0.443 e. The van der Waals surface area contributed by atoms with Gasteiger partial charge in [0, 0.05) is 6.20 Å². The van der Waals surface area contributed by atoms with Crippen molar-refractivity contribution in [3.8, 4) is 0 Å². The molecule has 2 heterocycles. The van der Waals surface area contributed by atoms with Crippen LogP contribution in [0.15, 0.2) is 24.4 Å². The molecule has 2 rings (SSSR count). The van der Waals surface area contributed by atoms with Crippen LogP contribution in [-0.2, 0) is 11.3 Å². The van der Waals surface area contributed by atoms with Crippen molar-refractivity contribution in [2.24, 2.45) is 5.73 Å². The van der Waals surface area contributed by atoms with Gasteiger partial charge in [-0.05, 0) is 18.2 Å². The topological polar surface area (TPSA) is 81.0 Å². The predicted octanol–water partition coefficient (Wildman–Crippen LogP) is 1.16. The minimum atomic E-state index is -0.781. The first-order valence-electron chi connectivity index (χ1n) is 4.10. The van der Waals surface area contributed by atoms with E-state index in [4.69, 9.17) is 5.73 Å². The van der Waals surface area contributed by atoms with Gasteiger partial charge in [0.25, 0.3) is 0 Å². The number of nitrogens with zero attached hydrogens (tertiary/aromatic N) is 1. The minimum absolute atomic E-state index is 0.145. The van der Waals surface area contributed by atoms with E-state index in [1.807, 2.05) is 18.2 Å². The van der Waals surface area contributed by atoms with E-state index in [2.05, 4.69) is 14.7 Å². The number of aromatic amines is 1. The molecule has 0 saturated carbocycles. The third-order valence-corrected chi connectivity index (χ3v) is 1.81. The van der Waals surface area contributed by atoms with Crippen LogP contribution in [0.3, 0.4) is 0 Å². The molecular formula is C9H9N3O2. The molecule has 3 N–H and O–H groups in total. The summed E-state index contributed by atoms with van der Waals surface area (Å²) >= 11 is 0. The van der Waals surface area contributed by atoms with Crippen molar-refractivity contribution in [1.29, 1.82) is 0 Å². The molecule has 0 spiro atoms. The summed E-state index contributed by atoms with van der Waals surface area (Å²) in [5, 5.41) is 0. The number of aromatic nitrogens is 2. The number of ether oxygens (including phenoxy) is 1. The van der Waals surface area contributed by atoms with Crippen molar-refractivity contribution in [1.82, 2.24) is 9.97 Å². The monoisotopic (exact) mass is 191 g/mol. The lowest BCUT2D eigenvalue weighted by Crippen LogP contribution is -2.12. The average Bonchev–Trinajstić information content (AvgIpc) is 2.57. The zero-order valence-electron chi connectivity index (χ0n) is 7.36. The van der Waals surface area contributed by atoms with Crippen LogP contribution in [0.4, 0.5) is 4.79 Å². The summed E-state index contributed by atoms with van der Waals surface area (Å²) < 4.78 is 4.64. The Morgan fingerprint density at radius 2 is 2.50 bits per heavy atom. The fraction of sp³-hybridized carbons (Fsp3) is 0.111. The van der Waals surface area contributed by atoms with E-state index in [0.29, 0.717) is 0 Å². The molecule has 1 amide bonds. The van der Waals surface area contributed by atoms with Crippen LogP contribution >= 0.6 is 0 Å². The van der Waals surface area contributed by atoms with Crippen molar-refractivity contribution in [3.63, 3.8) is 0 Å². The number of pyridine rings is 1. The Morgan fingerprint density at radius 1 is 1.64 bits per heavy atom. The summed E-state index contributed by atoms with van der Waals surface area (Å²) in [6, 6.07) is 5.55. The first-order valence-corrected chi connectivity index (χ1v) is 4.10. The van der Waals surface area contributed by atoms with Gasteiger partial charge in [-0.2, -0.15) is 0 Å². The number of carbonyl (C=O) groups excluding carboxylic acids is 1. The van der Waals surface area contributed by atoms with Gasteiger partial charge in [-0.25, -0.2) is 4.79 Å². The Kier molecular flexibility index (Phi) is 2.06. The lowest BCUT2D eigenvalue weighted by Gasteiger charge is -1.96. The molecule has 0 aromatic carbocycles. The van der Waals surface area contributed by atoms with Gasteiger partial charge < -0.3 is 15.5 Å². The number of amides is 1. The second kappa shape index (κ2) is 3.37. The zero-order chi connectivity index (χ0) is 9.97. The summed E-state index contributed by atoms with van der Waals surface area (Å²) in [7, 11) is 0. The first-order chi connectivity index (χ1) is 6.75. The second-order valence-corrected chi connectivity index (χ2v) is 2.84. The van der Waals surface area contributed by atoms with Gasteiger partial charge in [0.1, 0.15) is 6.61 Å². The van der Waals surface area contributed by atoms with Crippen molar-refractivity contribution in [3.05, 3.63) is 30.1 Å². The summed E-state index contributed by atoms with van der Waals surface area (Å²) in [6.45, 7) is 0.145. The van der Waals surface area contributed by atoms with Crippen LogP contribution in [0.2, 0.25) is 0 Å². The Labute approximate surface area is 79.9 Å². The molecule has 0 aliphatic carbocycles. The fourth-order valence-corrected chi connectivity index (χ4v) is 1.24. The van der Waals surface area contributed by atoms with Gasteiger partial charge in [-0.15, -0.1) is 0 Å². The number of primary amides is 1. The molecule has 2 aromatic rings. The maximum absolute atomic E-state index is 10.4. The molecule has 0 radical (unpaired) electrons. The lowest BCUT2D eigenvalue weighted by molar-refractivity contribution is 0.149. The molecule has 0 aliphatic rings. The molecule has 5 heteroatoms. The third-order valence-electron chi connectivity index (χ3n) is 1.81. The van der Waals surface area contributed by atoms with Crippen LogP contribution in [0.5, 0.6) is 0 Å². The van der Waals surface area contributed by atoms with E-state index < -0.39 is 6.09 Å². The summed E-state index contributed by atoms with van der Waals surface area (Å²) in [4.78, 5) is 17.5. The standard InChI is InChI=1S/C9H9N3O2/c10-9(13)14-5-6-4-8-7(12-6)2-1-3-11-8/h1-4,12H,5H2,(H2,10,13). The van der Waals surface area contributed by atoms with Crippen molar-refractivity contribution >= 4 is 17.1 Å². The van der Waals surface area contributed by atoms with E-state index in [0.717, 1.165) is 16.7 Å². The summed E-state index contributed by atoms with van der Waals surface area (Å²) in [5.41, 5.74) is 7.38. The van der Waals surface area contributed by atoms with Crippen LogP contribution in [-0.4, -0.2) is 16.1 Å². The molecule has 0 atom stereocenters. The molecule has 0 saturated heterocycles. The Bertz CT molecular complexity index is 431. The van der Waals surface area contributed by atoms with Crippen molar-refractivity contribution in [2.45, 2.75) is 6.61 Å². The minimum Gasteiger partial charge on any atom is -0.443 e. The van der Waals surface area contributed by atoms with Crippen LogP contribution in [0.25, 0.3) is 11.0 Å². The van der Waals surface area contributed by atoms with Gasteiger partial charge in [-0.1, -0.05) is 0 Å². The van der Waals surface area contributed by atoms with E-state index in [1.54, 1.807) is 6.20 Å². The number of rotatable bonds is 2. The van der Waals surface area contributed by atoms with E-state index in [1.165, 1.54) is 0 Å². The van der Waals surface area contributed by atoms with E-state index >= 15 is 0 Å². The van der Waals surface area contributed by atoms with E-state index in [9.17, 15) is 4.79 Å². The van der Waals surface area contributed by atoms with Gasteiger partial charge in [0.05, 0.1) is 16.7 Å². The number of carbonyl (C=O) groups is 1. The molecule has 72 valence electrons. The SMILES string of the molecule is NC(=O)OCc1cc2ncccc2[nH]1. The number of hydrogen-bond donors (Lipinski definition) is 2. The molecule has 0 aliphatic heterocycles. The fourth-order valence-electron chi connectivity index (χ4n) is 1.24. The Balaban J connectivity index is 2.22. The Hall–Kier alpha value is -2.04. The number of hydrogen-bond acceptors (Lipinski definition) is 3. The predicted molar refractivity (Wildman–Crippen MR) is 50.5 cm³/mol.